The smallest absolute Gasteiger partial charge is 0.0490 e. The lowest BCUT2D eigenvalue weighted by atomic mass is 10.0. The first-order chi connectivity index (χ1) is 7.27. The Morgan fingerprint density at radius 2 is 1.87 bits per heavy atom. The third-order valence-electron chi connectivity index (χ3n) is 2.66. The minimum Gasteiger partial charge on any atom is -0.353 e. The van der Waals surface area contributed by atoms with E-state index < -0.39 is 0 Å². The molecule has 0 bridgehead atoms. The fraction of sp³-hybridized carbons (Fsp3) is 0.231. The van der Waals surface area contributed by atoms with Crippen molar-refractivity contribution in [3.05, 3.63) is 59.9 Å². The highest BCUT2D eigenvalue weighted by molar-refractivity contribution is 5.19. The van der Waals surface area contributed by atoms with Crippen LogP contribution < -0.4 is 5.73 Å². The number of aryl methyl sites for hydroxylation is 1. The molecule has 2 N–H and O–H groups in total. The summed E-state index contributed by atoms with van der Waals surface area (Å²) in [7, 11) is 2.03. The molecule has 0 spiro atoms. The lowest BCUT2D eigenvalue weighted by Gasteiger charge is -2.12. The molecule has 1 aromatic heterocycles. The van der Waals surface area contributed by atoms with Crippen molar-refractivity contribution >= 4 is 0 Å². The molecular weight excluding hydrogens is 184 g/mol. The van der Waals surface area contributed by atoms with Gasteiger partial charge in [0.1, 0.15) is 0 Å². The van der Waals surface area contributed by atoms with E-state index in [1.54, 1.807) is 0 Å². The molecule has 0 saturated heterocycles. The molecule has 1 heterocycles. The first kappa shape index (κ1) is 9.99. The van der Waals surface area contributed by atoms with Gasteiger partial charge in [0.15, 0.2) is 0 Å². The van der Waals surface area contributed by atoms with Crippen molar-refractivity contribution in [2.24, 2.45) is 12.8 Å². The Kier molecular flexibility index (Phi) is 2.88. The maximum Gasteiger partial charge on any atom is 0.0490 e. The Labute approximate surface area is 90.3 Å². The Hall–Kier alpha value is -1.54. The fourth-order valence-corrected chi connectivity index (χ4v) is 1.83. The van der Waals surface area contributed by atoms with E-state index in [4.69, 9.17) is 5.73 Å². The largest absolute Gasteiger partial charge is 0.353 e. The number of nitrogens with two attached hydrogens (primary N) is 1. The Bertz CT molecular complexity index is 417. The highest BCUT2D eigenvalue weighted by Gasteiger charge is 2.08. The van der Waals surface area contributed by atoms with E-state index in [0.29, 0.717) is 0 Å². The lowest BCUT2D eigenvalue weighted by molar-refractivity contribution is 0.656. The molecule has 15 heavy (non-hydrogen) atoms. The van der Waals surface area contributed by atoms with Crippen molar-refractivity contribution in [2.75, 3.05) is 0 Å². The monoisotopic (exact) mass is 200 g/mol. The van der Waals surface area contributed by atoms with Gasteiger partial charge in [-0.3, -0.25) is 0 Å². The first-order valence-electron chi connectivity index (χ1n) is 5.18. The van der Waals surface area contributed by atoms with Crippen LogP contribution >= 0.6 is 0 Å². The quantitative estimate of drug-likeness (QED) is 0.809. The van der Waals surface area contributed by atoms with Crippen LogP contribution in [0.2, 0.25) is 0 Å². The highest BCUT2D eigenvalue weighted by Crippen LogP contribution is 2.15. The predicted octanol–water partition coefficient (Wildman–Crippen LogP) is 2.27. The van der Waals surface area contributed by atoms with Gasteiger partial charge in [-0.05, 0) is 24.1 Å². The van der Waals surface area contributed by atoms with Gasteiger partial charge >= 0.3 is 0 Å². The summed E-state index contributed by atoms with van der Waals surface area (Å²) in [5, 5.41) is 0. The Balaban J connectivity index is 2.11. The van der Waals surface area contributed by atoms with Crippen LogP contribution in [0.15, 0.2) is 48.7 Å². The normalized spacial score (nSPS) is 12.7. The van der Waals surface area contributed by atoms with Crippen molar-refractivity contribution in [1.29, 1.82) is 0 Å². The summed E-state index contributed by atoms with van der Waals surface area (Å²) in [5.41, 5.74) is 8.61. The number of rotatable bonds is 3. The number of hydrogen-bond acceptors (Lipinski definition) is 1. The summed E-state index contributed by atoms with van der Waals surface area (Å²) in [6.45, 7) is 0. The topological polar surface area (TPSA) is 30.9 Å². The summed E-state index contributed by atoms with van der Waals surface area (Å²) < 4.78 is 2.08. The minimum absolute atomic E-state index is 0.0763. The van der Waals surface area contributed by atoms with E-state index in [1.165, 1.54) is 11.3 Å². The zero-order chi connectivity index (χ0) is 10.7. The van der Waals surface area contributed by atoms with Gasteiger partial charge in [0, 0.05) is 25.0 Å². The summed E-state index contributed by atoms with van der Waals surface area (Å²) >= 11 is 0. The SMILES string of the molecule is Cn1cccc1C(N)Cc1ccccc1. The van der Waals surface area contributed by atoms with Crippen molar-refractivity contribution in [2.45, 2.75) is 12.5 Å². The second-order valence-corrected chi connectivity index (χ2v) is 3.84. The molecule has 0 fully saturated rings. The van der Waals surface area contributed by atoms with Gasteiger partial charge in [-0.25, -0.2) is 0 Å². The van der Waals surface area contributed by atoms with Crippen molar-refractivity contribution in [1.82, 2.24) is 4.57 Å². The average molecular weight is 200 g/mol. The molecule has 0 aliphatic carbocycles. The molecule has 1 aromatic carbocycles. The second-order valence-electron chi connectivity index (χ2n) is 3.84. The van der Waals surface area contributed by atoms with Crippen LogP contribution in [0, 0.1) is 0 Å². The van der Waals surface area contributed by atoms with Crippen LogP contribution in [-0.2, 0) is 13.5 Å². The molecule has 0 saturated carbocycles. The molecule has 0 amide bonds. The maximum absolute atomic E-state index is 6.15. The Morgan fingerprint density at radius 1 is 1.13 bits per heavy atom. The zero-order valence-electron chi connectivity index (χ0n) is 8.93. The standard InChI is InChI=1S/C13H16N2/c1-15-9-5-8-13(15)12(14)10-11-6-3-2-4-7-11/h2-9,12H,10,14H2,1H3. The third kappa shape index (κ3) is 2.28. The molecule has 0 radical (unpaired) electrons. The van der Waals surface area contributed by atoms with E-state index >= 15 is 0 Å². The van der Waals surface area contributed by atoms with E-state index in [-0.39, 0.29) is 6.04 Å². The molecule has 78 valence electrons. The molecule has 2 heteroatoms. The van der Waals surface area contributed by atoms with Gasteiger partial charge in [0.05, 0.1) is 0 Å². The summed E-state index contributed by atoms with van der Waals surface area (Å²) in [6, 6.07) is 14.5. The minimum atomic E-state index is 0.0763. The Morgan fingerprint density at radius 3 is 2.47 bits per heavy atom. The molecular formula is C13H16N2. The summed E-state index contributed by atoms with van der Waals surface area (Å²) in [6.07, 6.45) is 2.92. The second kappa shape index (κ2) is 4.32. The third-order valence-corrected chi connectivity index (χ3v) is 2.66. The van der Waals surface area contributed by atoms with Crippen molar-refractivity contribution < 1.29 is 0 Å². The predicted molar refractivity (Wildman–Crippen MR) is 62.5 cm³/mol. The highest BCUT2D eigenvalue weighted by atomic mass is 14.9. The molecule has 0 aliphatic rings. The van der Waals surface area contributed by atoms with Gasteiger partial charge in [-0.1, -0.05) is 30.3 Å². The van der Waals surface area contributed by atoms with E-state index in [2.05, 4.69) is 22.8 Å². The van der Waals surface area contributed by atoms with Crippen LogP contribution in [-0.4, -0.2) is 4.57 Å². The first-order valence-corrected chi connectivity index (χ1v) is 5.18. The van der Waals surface area contributed by atoms with Crippen molar-refractivity contribution in [3.8, 4) is 0 Å². The zero-order valence-corrected chi connectivity index (χ0v) is 8.93. The average Bonchev–Trinajstić information content (AvgIpc) is 2.66. The van der Waals surface area contributed by atoms with E-state index in [0.717, 1.165) is 6.42 Å². The number of hydrogen-bond donors (Lipinski definition) is 1. The number of nitrogens with zero attached hydrogens (tertiary/aromatic N) is 1. The van der Waals surface area contributed by atoms with Gasteiger partial charge in [0.2, 0.25) is 0 Å². The van der Waals surface area contributed by atoms with Gasteiger partial charge in [-0.2, -0.15) is 0 Å². The van der Waals surface area contributed by atoms with Crippen LogP contribution in [0.5, 0.6) is 0 Å². The molecule has 2 aromatic rings. The maximum atomic E-state index is 6.15. The summed E-state index contributed by atoms with van der Waals surface area (Å²) in [4.78, 5) is 0. The van der Waals surface area contributed by atoms with Gasteiger partial charge in [0.25, 0.3) is 0 Å². The van der Waals surface area contributed by atoms with Crippen LogP contribution in [0.3, 0.4) is 0 Å². The molecule has 1 unspecified atom stereocenters. The van der Waals surface area contributed by atoms with Gasteiger partial charge in [-0.15, -0.1) is 0 Å². The lowest BCUT2D eigenvalue weighted by Crippen LogP contribution is -2.16. The molecule has 0 aliphatic heterocycles. The van der Waals surface area contributed by atoms with Gasteiger partial charge < -0.3 is 10.3 Å². The molecule has 2 rings (SSSR count). The van der Waals surface area contributed by atoms with E-state index in [9.17, 15) is 0 Å². The fourth-order valence-electron chi connectivity index (χ4n) is 1.83. The number of aromatic nitrogens is 1. The summed E-state index contributed by atoms with van der Waals surface area (Å²) in [5.74, 6) is 0. The molecule has 2 nitrogen and oxygen atoms in total. The number of benzene rings is 1. The van der Waals surface area contributed by atoms with Crippen LogP contribution in [0.4, 0.5) is 0 Å². The van der Waals surface area contributed by atoms with E-state index in [1.807, 2.05) is 37.5 Å². The molecule has 1 atom stereocenters. The van der Waals surface area contributed by atoms with Crippen LogP contribution in [0.25, 0.3) is 0 Å². The van der Waals surface area contributed by atoms with Crippen molar-refractivity contribution in [3.63, 3.8) is 0 Å². The van der Waals surface area contributed by atoms with Crippen LogP contribution in [0.1, 0.15) is 17.3 Å².